The quantitative estimate of drug-likeness (QED) is 0.570. The topological polar surface area (TPSA) is 52.1 Å². The van der Waals surface area contributed by atoms with Crippen LogP contribution in [-0.2, 0) is 6.42 Å². The molecule has 2 N–H and O–H groups in total. The molecule has 6 heteroatoms. The molecule has 1 aromatic carbocycles. The summed E-state index contributed by atoms with van der Waals surface area (Å²) >= 11 is 0. The summed E-state index contributed by atoms with van der Waals surface area (Å²) in [6, 6.07) is 8.72. The molecule has 1 aromatic rings. The first-order valence-electron chi connectivity index (χ1n) is 9.12. The van der Waals surface area contributed by atoms with Crippen molar-refractivity contribution in [2.45, 2.75) is 19.4 Å². The van der Waals surface area contributed by atoms with Gasteiger partial charge in [-0.05, 0) is 38.1 Å². The Morgan fingerprint density at radius 3 is 2.44 bits per heavy atom. The molecule has 2 rings (SSSR count). The lowest BCUT2D eigenvalue weighted by molar-refractivity contribution is 0.120. The van der Waals surface area contributed by atoms with Crippen LogP contribution in [0.25, 0.3) is 0 Å². The molecule has 0 bridgehead atoms. The highest BCUT2D eigenvalue weighted by atomic mass is 16.5. The van der Waals surface area contributed by atoms with Crippen LogP contribution in [0.5, 0.6) is 5.75 Å². The van der Waals surface area contributed by atoms with Gasteiger partial charge in [-0.2, -0.15) is 0 Å². The molecule has 0 aliphatic carbocycles. The molecule has 1 heterocycles. The second-order valence-corrected chi connectivity index (χ2v) is 6.67. The van der Waals surface area contributed by atoms with Crippen molar-refractivity contribution < 1.29 is 4.74 Å². The number of nitrogens with zero attached hydrogens (tertiary/aromatic N) is 3. The lowest BCUT2D eigenvalue weighted by Gasteiger charge is -2.36. The first kappa shape index (κ1) is 19.5. The van der Waals surface area contributed by atoms with Gasteiger partial charge in [0, 0.05) is 52.4 Å². The van der Waals surface area contributed by atoms with Gasteiger partial charge in [0.1, 0.15) is 5.75 Å². The average molecular weight is 348 g/mol. The van der Waals surface area contributed by atoms with E-state index >= 15 is 0 Å². The van der Waals surface area contributed by atoms with E-state index in [0.29, 0.717) is 6.04 Å². The molecule has 1 atom stereocenters. The van der Waals surface area contributed by atoms with E-state index in [0.717, 1.165) is 57.4 Å². The van der Waals surface area contributed by atoms with E-state index in [9.17, 15) is 0 Å². The van der Waals surface area contributed by atoms with Gasteiger partial charge in [-0.15, -0.1) is 0 Å². The van der Waals surface area contributed by atoms with Gasteiger partial charge < -0.3 is 20.3 Å². The summed E-state index contributed by atoms with van der Waals surface area (Å²) < 4.78 is 5.19. The minimum atomic E-state index is 0.508. The average Bonchev–Trinajstić information content (AvgIpc) is 2.65. The third-order valence-corrected chi connectivity index (χ3v) is 4.81. The SMILES string of the molecule is CN=C(NCCc1ccc(OC)cc1)NCC(C)N1CCN(C)CC1. The van der Waals surface area contributed by atoms with Crippen LogP contribution < -0.4 is 15.4 Å². The van der Waals surface area contributed by atoms with Gasteiger partial charge >= 0.3 is 0 Å². The summed E-state index contributed by atoms with van der Waals surface area (Å²) in [6.07, 6.45) is 0.957. The molecule has 0 radical (unpaired) electrons. The molecule has 25 heavy (non-hydrogen) atoms. The predicted octanol–water partition coefficient (Wildman–Crippen LogP) is 1.04. The summed E-state index contributed by atoms with van der Waals surface area (Å²) in [5.41, 5.74) is 1.29. The van der Waals surface area contributed by atoms with Gasteiger partial charge in [0.2, 0.25) is 0 Å². The Kier molecular flexibility index (Phi) is 8.01. The number of guanidine groups is 1. The Hall–Kier alpha value is -1.79. The fraction of sp³-hybridized carbons (Fsp3) is 0.632. The fourth-order valence-electron chi connectivity index (χ4n) is 2.97. The summed E-state index contributed by atoms with van der Waals surface area (Å²) in [7, 11) is 5.70. The fourth-order valence-corrected chi connectivity index (χ4v) is 2.97. The van der Waals surface area contributed by atoms with Crippen molar-refractivity contribution in [3.63, 3.8) is 0 Å². The monoisotopic (exact) mass is 347 g/mol. The van der Waals surface area contributed by atoms with Crippen molar-refractivity contribution in [2.75, 3.05) is 60.5 Å². The normalized spacial score (nSPS) is 18.0. The van der Waals surface area contributed by atoms with Crippen molar-refractivity contribution in [2.24, 2.45) is 4.99 Å². The number of aliphatic imine (C=N–C) groups is 1. The smallest absolute Gasteiger partial charge is 0.191 e. The van der Waals surface area contributed by atoms with Gasteiger partial charge in [0.15, 0.2) is 5.96 Å². The number of hydrogen-bond donors (Lipinski definition) is 2. The zero-order valence-electron chi connectivity index (χ0n) is 16.1. The van der Waals surface area contributed by atoms with E-state index in [1.807, 2.05) is 19.2 Å². The second-order valence-electron chi connectivity index (χ2n) is 6.67. The molecule has 1 unspecified atom stereocenters. The zero-order valence-corrected chi connectivity index (χ0v) is 16.1. The van der Waals surface area contributed by atoms with Gasteiger partial charge in [0.25, 0.3) is 0 Å². The lowest BCUT2D eigenvalue weighted by Crippen LogP contribution is -2.52. The highest BCUT2D eigenvalue weighted by molar-refractivity contribution is 5.79. The van der Waals surface area contributed by atoms with Crippen LogP contribution in [0.4, 0.5) is 0 Å². The second kappa shape index (κ2) is 10.3. The largest absolute Gasteiger partial charge is 0.497 e. The number of methoxy groups -OCH3 is 1. The standard InChI is InChI=1S/C19H33N5O/c1-16(24-13-11-23(3)12-14-24)15-22-19(20-2)21-10-9-17-5-7-18(25-4)8-6-17/h5-8,16H,9-15H2,1-4H3,(H2,20,21,22). The summed E-state index contributed by atoms with van der Waals surface area (Å²) in [6.45, 7) is 8.63. The number of nitrogens with one attached hydrogen (secondary N) is 2. The molecule has 1 aliphatic rings. The Balaban J connectivity index is 1.67. The summed E-state index contributed by atoms with van der Waals surface area (Å²) in [5, 5.41) is 6.84. The highest BCUT2D eigenvalue weighted by Gasteiger charge is 2.18. The van der Waals surface area contributed by atoms with E-state index < -0.39 is 0 Å². The highest BCUT2D eigenvalue weighted by Crippen LogP contribution is 2.11. The molecule has 0 spiro atoms. The molecule has 0 aromatic heterocycles. The van der Waals surface area contributed by atoms with Crippen LogP contribution in [0.2, 0.25) is 0 Å². The minimum Gasteiger partial charge on any atom is -0.497 e. The van der Waals surface area contributed by atoms with Gasteiger partial charge in [-0.3, -0.25) is 9.89 Å². The van der Waals surface area contributed by atoms with Gasteiger partial charge in [-0.25, -0.2) is 0 Å². The van der Waals surface area contributed by atoms with Crippen LogP contribution >= 0.6 is 0 Å². The van der Waals surface area contributed by atoms with Crippen LogP contribution in [0, 0.1) is 0 Å². The Bertz CT molecular complexity index is 523. The van der Waals surface area contributed by atoms with E-state index in [1.54, 1.807) is 7.11 Å². The molecule has 140 valence electrons. The molecule has 0 amide bonds. The molecular formula is C19H33N5O. The molecule has 6 nitrogen and oxygen atoms in total. The maximum absolute atomic E-state index is 5.19. The summed E-state index contributed by atoms with van der Waals surface area (Å²) in [4.78, 5) is 9.25. The number of ether oxygens (including phenoxy) is 1. The van der Waals surface area contributed by atoms with Crippen LogP contribution in [-0.4, -0.2) is 82.3 Å². The van der Waals surface area contributed by atoms with Crippen molar-refractivity contribution in [1.82, 2.24) is 20.4 Å². The maximum Gasteiger partial charge on any atom is 0.191 e. The molecule has 1 fully saturated rings. The third kappa shape index (κ3) is 6.55. The number of piperazine rings is 1. The number of rotatable bonds is 7. The third-order valence-electron chi connectivity index (χ3n) is 4.81. The Morgan fingerprint density at radius 2 is 1.84 bits per heavy atom. The Morgan fingerprint density at radius 1 is 1.16 bits per heavy atom. The van der Waals surface area contributed by atoms with E-state index in [2.05, 4.69) is 51.5 Å². The van der Waals surface area contributed by atoms with Crippen molar-refractivity contribution in [3.05, 3.63) is 29.8 Å². The number of hydrogen-bond acceptors (Lipinski definition) is 4. The first-order chi connectivity index (χ1) is 12.1. The molecule has 0 saturated carbocycles. The van der Waals surface area contributed by atoms with E-state index in [4.69, 9.17) is 4.74 Å². The molecule has 1 aliphatic heterocycles. The number of likely N-dealkylation sites (N-methyl/N-ethyl adjacent to an activating group) is 1. The van der Waals surface area contributed by atoms with Gasteiger partial charge in [0.05, 0.1) is 7.11 Å². The Labute approximate surface area is 152 Å². The minimum absolute atomic E-state index is 0.508. The van der Waals surface area contributed by atoms with E-state index in [1.165, 1.54) is 5.56 Å². The van der Waals surface area contributed by atoms with Crippen molar-refractivity contribution in [3.8, 4) is 5.75 Å². The van der Waals surface area contributed by atoms with Gasteiger partial charge in [-0.1, -0.05) is 12.1 Å². The van der Waals surface area contributed by atoms with E-state index in [-0.39, 0.29) is 0 Å². The van der Waals surface area contributed by atoms with Crippen molar-refractivity contribution in [1.29, 1.82) is 0 Å². The van der Waals surface area contributed by atoms with Crippen LogP contribution in [0.3, 0.4) is 0 Å². The maximum atomic E-state index is 5.19. The number of benzene rings is 1. The zero-order chi connectivity index (χ0) is 18.1. The lowest BCUT2D eigenvalue weighted by atomic mass is 10.1. The molecular weight excluding hydrogens is 314 g/mol. The molecule has 1 saturated heterocycles. The summed E-state index contributed by atoms with van der Waals surface area (Å²) in [5.74, 6) is 1.77. The van der Waals surface area contributed by atoms with Crippen molar-refractivity contribution >= 4 is 5.96 Å². The first-order valence-corrected chi connectivity index (χ1v) is 9.12. The predicted molar refractivity (Wildman–Crippen MR) is 105 cm³/mol. The van der Waals surface area contributed by atoms with Crippen LogP contribution in [0.1, 0.15) is 12.5 Å². The van der Waals surface area contributed by atoms with Crippen LogP contribution in [0.15, 0.2) is 29.3 Å².